The molecule has 0 atom stereocenters. The van der Waals surface area contributed by atoms with Crippen molar-refractivity contribution in [2.75, 3.05) is 11.5 Å². The lowest BCUT2D eigenvalue weighted by molar-refractivity contribution is -0.131. The summed E-state index contributed by atoms with van der Waals surface area (Å²) >= 11 is 0. The van der Waals surface area contributed by atoms with Gasteiger partial charge in [-0.05, 0) is 52.6 Å². The molecule has 3 aromatic rings. The van der Waals surface area contributed by atoms with Crippen LogP contribution in [0.4, 0.5) is 11.4 Å². The van der Waals surface area contributed by atoms with Crippen molar-refractivity contribution in [1.29, 1.82) is 0 Å². The van der Waals surface area contributed by atoms with Gasteiger partial charge in [-0.25, -0.2) is 9.59 Å². The second kappa shape index (κ2) is 11.6. The van der Waals surface area contributed by atoms with Crippen LogP contribution in [0.5, 0.6) is 0 Å². The summed E-state index contributed by atoms with van der Waals surface area (Å²) in [5.74, 6) is -2.30. The molecule has 0 heterocycles. The number of hydrogen-bond donors (Lipinski definition) is 4. The highest BCUT2D eigenvalue weighted by Crippen LogP contribution is 2.27. The predicted molar refractivity (Wildman–Crippen MR) is 134 cm³/mol. The minimum Gasteiger partial charge on any atom is -0.478 e. The third-order valence-corrected chi connectivity index (χ3v) is 4.54. The molecule has 0 aliphatic rings. The van der Waals surface area contributed by atoms with Crippen molar-refractivity contribution in [3.8, 4) is 0 Å². The van der Waals surface area contributed by atoms with Crippen LogP contribution in [0.2, 0.25) is 0 Å². The number of nitrogen functional groups attached to an aromatic ring is 2. The van der Waals surface area contributed by atoms with Crippen LogP contribution in [0.3, 0.4) is 0 Å². The minimum absolute atomic E-state index is 0. The molecular weight excluding hydrogens is 451 g/mol. The lowest BCUT2D eigenvalue weighted by Crippen LogP contribution is -2.04. The lowest BCUT2D eigenvalue weighted by Gasteiger charge is -2.09. The van der Waals surface area contributed by atoms with E-state index in [9.17, 15) is 19.8 Å². The summed E-state index contributed by atoms with van der Waals surface area (Å²) in [6.07, 6.45) is 2.94. The zero-order valence-corrected chi connectivity index (χ0v) is 18.4. The smallest absolute Gasteiger partial charge is 0.336 e. The fourth-order valence-electron chi connectivity index (χ4n) is 2.99. The number of rotatable bonds is 6. The van der Waals surface area contributed by atoms with Crippen molar-refractivity contribution < 1.29 is 19.8 Å². The number of carboxylic acid groups (broad SMARTS) is 2. The van der Waals surface area contributed by atoms with Gasteiger partial charge in [-0.15, -0.1) is 24.8 Å². The van der Waals surface area contributed by atoms with Crippen LogP contribution >= 0.6 is 24.8 Å². The van der Waals surface area contributed by atoms with Gasteiger partial charge in [0.2, 0.25) is 0 Å². The highest BCUT2D eigenvalue weighted by Gasteiger charge is 2.16. The zero-order chi connectivity index (χ0) is 21.7. The highest BCUT2D eigenvalue weighted by molar-refractivity contribution is 6.23. The van der Waals surface area contributed by atoms with E-state index in [1.807, 2.05) is 0 Å². The molecule has 0 fully saturated rings. The van der Waals surface area contributed by atoms with E-state index in [1.165, 1.54) is 18.2 Å². The number of hydrogen-bond acceptors (Lipinski definition) is 4. The van der Waals surface area contributed by atoms with E-state index in [-0.39, 0.29) is 36.0 Å². The summed E-state index contributed by atoms with van der Waals surface area (Å²) in [6.45, 7) is 0. The Labute approximate surface area is 197 Å². The van der Waals surface area contributed by atoms with Gasteiger partial charge in [0.25, 0.3) is 0 Å². The van der Waals surface area contributed by atoms with E-state index in [0.29, 0.717) is 33.6 Å². The number of para-hydroxylation sites is 2. The maximum Gasteiger partial charge on any atom is 0.336 e. The molecule has 32 heavy (non-hydrogen) atoms. The molecular formula is C24H22Cl2N2O4. The predicted octanol–water partition coefficient (Wildman–Crippen LogP) is 4.95. The molecule has 0 aliphatic carbocycles. The van der Waals surface area contributed by atoms with E-state index < -0.39 is 11.9 Å². The monoisotopic (exact) mass is 472 g/mol. The van der Waals surface area contributed by atoms with Crippen molar-refractivity contribution in [3.05, 3.63) is 95.1 Å². The molecule has 0 saturated heterocycles. The van der Waals surface area contributed by atoms with Gasteiger partial charge in [-0.3, -0.25) is 0 Å². The number of halogens is 2. The van der Waals surface area contributed by atoms with E-state index >= 15 is 0 Å². The highest BCUT2D eigenvalue weighted by atomic mass is 35.5. The zero-order valence-electron chi connectivity index (χ0n) is 16.8. The molecule has 0 aromatic heterocycles. The molecule has 8 heteroatoms. The van der Waals surface area contributed by atoms with Gasteiger partial charge in [-0.1, -0.05) is 54.6 Å². The van der Waals surface area contributed by atoms with Gasteiger partial charge in [0.1, 0.15) is 0 Å². The van der Waals surface area contributed by atoms with Gasteiger partial charge in [-0.2, -0.15) is 0 Å². The Balaban J connectivity index is 0.00000256. The van der Waals surface area contributed by atoms with Crippen molar-refractivity contribution in [2.24, 2.45) is 0 Å². The van der Waals surface area contributed by atoms with Gasteiger partial charge < -0.3 is 21.7 Å². The molecule has 0 amide bonds. The first-order chi connectivity index (χ1) is 14.4. The molecule has 0 bridgehead atoms. The third-order valence-electron chi connectivity index (χ3n) is 4.54. The van der Waals surface area contributed by atoms with E-state index in [0.717, 1.165) is 0 Å². The maximum atomic E-state index is 11.9. The van der Waals surface area contributed by atoms with Crippen LogP contribution in [0.1, 0.15) is 22.3 Å². The molecule has 6 nitrogen and oxygen atoms in total. The van der Waals surface area contributed by atoms with Gasteiger partial charge >= 0.3 is 11.9 Å². The fraction of sp³-hybridized carbons (Fsp3) is 0. The molecule has 0 radical (unpaired) electrons. The summed E-state index contributed by atoms with van der Waals surface area (Å²) in [5, 5.41) is 19.5. The summed E-state index contributed by atoms with van der Waals surface area (Å²) in [5.41, 5.74) is 14.6. The number of carbonyl (C=O) groups is 2. The van der Waals surface area contributed by atoms with Crippen LogP contribution in [0, 0.1) is 0 Å². The average molecular weight is 473 g/mol. The third kappa shape index (κ3) is 6.14. The van der Waals surface area contributed by atoms with Gasteiger partial charge in [0, 0.05) is 11.4 Å². The summed E-state index contributed by atoms with van der Waals surface area (Å²) in [6, 6.07) is 20.2. The van der Waals surface area contributed by atoms with Crippen LogP contribution in [-0.2, 0) is 9.59 Å². The Morgan fingerprint density at radius 3 is 1.34 bits per heavy atom. The van der Waals surface area contributed by atoms with E-state index in [1.54, 1.807) is 66.7 Å². The van der Waals surface area contributed by atoms with Crippen LogP contribution in [0.25, 0.3) is 23.3 Å². The largest absolute Gasteiger partial charge is 0.478 e. The number of nitrogens with two attached hydrogens (primary N) is 2. The fourth-order valence-corrected chi connectivity index (χ4v) is 2.99. The lowest BCUT2D eigenvalue weighted by atomic mass is 9.96. The van der Waals surface area contributed by atoms with Crippen molar-refractivity contribution in [3.63, 3.8) is 0 Å². The normalized spacial score (nSPS) is 11.1. The molecule has 3 rings (SSSR count). The second-order valence-corrected chi connectivity index (χ2v) is 6.56. The molecule has 6 N–H and O–H groups in total. The van der Waals surface area contributed by atoms with Crippen molar-refractivity contribution >= 4 is 71.4 Å². The number of aliphatic carboxylic acids is 2. The second-order valence-electron chi connectivity index (χ2n) is 6.56. The number of benzene rings is 3. The Morgan fingerprint density at radius 1 is 0.625 bits per heavy atom. The maximum absolute atomic E-state index is 11.9. The number of carboxylic acids is 2. The Hall–Kier alpha value is -3.74. The Kier molecular flexibility index (Phi) is 9.53. The molecule has 0 aliphatic heterocycles. The first-order valence-corrected chi connectivity index (χ1v) is 9.06. The van der Waals surface area contributed by atoms with Crippen molar-refractivity contribution in [1.82, 2.24) is 0 Å². The minimum atomic E-state index is -1.15. The van der Waals surface area contributed by atoms with Crippen LogP contribution in [-0.4, -0.2) is 22.2 Å². The Morgan fingerprint density at radius 2 is 1.00 bits per heavy atom. The summed E-state index contributed by atoms with van der Waals surface area (Å²) < 4.78 is 0. The van der Waals surface area contributed by atoms with E-state index in [2.05, 4.69) is 0 Å². The number of anilines is 2. The molecule has 0 unspecified atom stereocenters. The summed E-state index contributed by atoms with van der Waals surface area (Å²) in [4.78, 5) is 23.8. The van der Waals surface area contributed by atoms with Crippen LogP contribution < -0.4 is 11.5 Å². The summed E-state index contributed by atoms with van der Waals surface area (Å²) in [7, 11) is 0. The molecule has 0 saturated carbocycles. The van der Waals surface area contributed by atoms with Crippen LogP contribution in [0.15, 0.2) is 72.8 Å². The Bertz CT molecular complexity index is 1100. The van der Waals surface area contributed by atoms with Gasteiger partial charge in [0.15, 0.2) is 0 Å². The molecule has 0 spiro atoms. The first kappa shape index (κ1) is 26.3. The average Bonchev–Trinajstić information content (AvgIpc) is 2.72. The van der Waals surface area contributed by atoms with Crippen molar-refractivity contribution in [2.45, 2.75) is 0 Å². The first-order valence-electron chi connectivity index (χ1n) is 9.06. The standard InChI is InChI=1S/C24H20N2O4.2ClH/c25-21-10-3-1-6-17(21)13-19(23(27)28)15-8-5-9-16(12-15)20(24(29)30)14-18-7-2-4-11-22(18)26;;/h1-14H,25-26H2,(H,27,28)(H,29,30);2*1H. The molecule has 166 valence electrons. The molecule has 3 aromatic carbocycles. The SMILES string of the molecule is Cl.Cl.Nc1ccccc1C=C(C(=O)O)c1cccc(C(=Cc2ccccc2N)C(=O)O)c1. The van der Waals surface area contributed by atoms with E-state index in [4.69, 9.17) is 11.5 Å². The van der Waals surface area contributed by atoms with Gasteiger partial charge in [0.05, 0.1) is 11.1 Å². The topological polar surface area (TPSA) is 127 Å². The quantitative estimate of drug-likeness (QED) is 0.228.